The van der Waals surface area contributed by atoms with Gasteiger partial charge >= 0.3 is 0 Å². The Labute approximate surface area is 180 Å². The molecule has 2 aliphatic heterocycles. The summed E-state index contributed by atoms with van der Waals surface area (Å²) in [5.41, 5.74) is 7.67. The lowest BCUT2D eigenvalue weighted by atomic mass is 9.95. The largest absolute Gasteiger partial charge is 0.368 e. The number of fused-ring (bicyclic) bond motifs is 1. The summed E-state index contributed by atoms with van der Waals surface area (Å²) in [6, 6.07) is -0.521. The van der Waals surface area contributed by atoms with Crippen molar-refractivity contribution in [3.63, 3.8) is 0 Å². The third kappa shape index (κ3) is 3.82. The molecule has 4 rings (SSSR count). The molecule has 2 aromatic rings. The van der Waals surface area contributed by atoms with Crippen molar-refractivity contribution < 1.29 is 14.4 Å². The Hall–Kier alpha value is -2.42. The number of imidazole rings is 1. The van der Waals surface area contributed by atoms with Gasteiger partial charge in [0.05, 0.1) is 5.69 Å². The molecule has 30 heavy (non-hydrogen) atoms. The molecule has 2 saturated heterocycles. The van der Waals surface area contributed by atoms with Gasteiger partial charge in [0.2, 0.25) is 17.7 Å². The summed E-state index contributed by atoms with van der Waals surface area (Å²) in [6.45, 7) is 6.01. The highest BCUT2D eigenvalue weighted by atomic mass is 32.1. The Bertz CT molecular complexity index is 981. The smallest absolute Gasteiger partial charge is 0.240 e. The highest BCUT2D eigenvalue weighted by Crippen LogP contribution is 2.33. The number of aryl methyl sites for hydroxylation is 2. The van der Waals surface area contributed by atoms with E-state index in [1.807, 2.05) is 11.8 Å². The molecule has 0 spiro atoms. The monoisotopic (exact) mass is 431 g/mol. The molecule has 162 valence electrons. The first-order valence-corrected chi connectivity index (χ1v) is 11.5. The number of aromatic nitrogens is 2. The number of piperidine rings is 1. The molecule has 2 atom stereocenters. The van der Waals surface area contributed by atoms with Crippen LogP contribution in [0, 0.1) is 13.8 Å². The molecule has 0 aliphatic carbocycles. The molecular weight excluding hydrogens is 402 g/mol. The first-order chi connectivity index (χ1) is 14.4. The Morgan fingerprint density at radius 2 is 1.87 bits per heavy atom. The number of nitrogens with zero attached hydrogens (tertiary/aromatic N) is 4. The molecule has 0 unspecified atom stereocenters. The Kier molecular flexibility index (Phi) is 5.81. The number of carbonyl (C=O) groups excluding carboxylic acids is 3. The molecule has 8 nitrogen and oxygen atoms in total. The number of hydrogen-bond acceptors (Lipinski definition) is 5. The molecule has 0 bridgehead atoms. The van der Waals surface area contributed by atoms with E-state index in [1.165, 1.54) is 10.5 Å². The topological polar surface area (TPSA) is 101 Å². The van der Waals surface area contributed by atoms with E-state index < -0.39 is 11.9 Å². The van der Waals surface area contributed by atoms with Crippen molar-refractivity contribution in [2.24, 2.45) is 5.73 Å². The van der Waals surface area contributed by atoms with Crippen molar-refractivity contribution in [2.45, 2.75) is 64.3 Å². The van der Waals surface area contributed by atoms with Gasteiger partial charge in [-0.3, -0.25) is 18.8 Å². The van der Waals surface area contributed by atoms with Gasteiger partial charge in [0, 0.05) is 49.5 Å². The predicted octanol–water partition coefficient (Wildman–Crippen LogP) is 1.98. The molecule has 0 saturated carbocycles. The molecule has 3 amide bonds. The maximum absolute atomic E-state index is 12.8. The van der Waals surface area contributed by atoms with Crippen molar-refractivity contribution in [1.29, 1.82) is 0 Å². The summed E-state index contributed by atoms with van der Waals surface area (Å²) < 4.78 is 2.19. The zero-order valence-corrected chi connectivity index (χ0v) is 18.4. The van der Waals surface area contributed by atoms with Crippen LogP contribution in [0.5, 0.6) is 0 Å². The van der Waals surface area contributed by atoms with Gasteiger partial charge < -0.3 is 15.5 Å². The van der Waals surface area contributed by atoms with Crippen LogP contribution in [-0.2, 0) is 14.4 Å². The fourth-order valence-electron chi connectivity index (χ4n) is 4.83. The number of amides is 3. The number of primary amides is 1. The van der Waals surface area contributed by atoms with Gasteiger partial charge in [0.1, 0.15) is 16.7 Å². The van der Waals surface area contributed by atoms with Crippen LogP contribution >= 0.6 is 11.3 Å². The third-order valence-corrected chi connectivity index (χ3v) is 7.41. The highest BCUT2D eigenvalue weighted by Gasteiger charge is 2.33. The summed E-state index contributed by atoms with van der Waals surface area (Å²) in [7, 11) is 0. The van der Waals surface area contributed by atoms with Gasteiger partial charge in [-0.2, -0.15) is 0 Å². The minimum atomic E-state index is -0.521. The lowest BCUT2D eigenvalue weighted by molar-refractivity contribution is -0.140. The summed E-state index contributed by atoms with van der Waals surface area (Å²) >= 11 is 1.70. The highest BCUT2D eigenvalue weighted by molar-refractivity contribution is 7.15. The van der Waals surface area contributed by atoms with Crippen molar-refractivity contribution >= 4 is 33.9 Å². The Balaban J connectivity index is 1.38. The van der Waals surface area contributed by atoms with Crippen LogP contribution in [0.1, 0.15) is 61.7 Å². The van der Waals surface area contributed by atoms with Gasteiger partial charge in [0.25, 0.3) is 0 Å². The van der Waals surface area contributed by atoms with E-state index in [-0.39, 0.29) is 30.6 Å². The van der Waals surface area contributed by atoms with Gasteiger partial charge in [-0.25, -0.2) is 4.98 Å². The van der Waals surface area contributed by atoms with Crippen LogP contribution in [0.2, 0.25) is 0 Å². The molecular formula is C21H29N5O3S. The molecule has 2 fully saturated rings. The maximum atomic E-state index is 12.8. The Morgan fingerprint density at radius 1 is 1.13 bits per heavy atom. The molecule has 4 heterocycles. The quantitative estimate of drug-likeness (QED) is 0.782. The SMILES string of the molecule is Cc1csc2c([C@H]3CCCN(C(=O)CCC(=O)N4CCC[C@H]4C(N)=O)C3)nc(C)n12. The van der Waals surface area contributed by atoms with E-state index in [2.05, 4.69) is 16.7 Å². The van der Waals surface area contributed by atoms with E-state index in [9.17, 15) is 14.4 Å². The second-order valence-electron chi connectivity index (χ2n) is 8.39. The van der Waals surface area contributed by atoms with Crippen LogP contribution < -0.4 is 5.73 Å². The average molecular weight is 432 g/mol. The van der Waals surface area contributed by atoms with Crippen LogP contribution in [-0.4, -0.2) is 62.6 Å². The van der Waals surface area contributed by atoms with Crippen molar-refractivity contribution in [3.05, 3.63) is 22.6 Å². The van der Waals surface area contributed by atoms with Gasteiger partial charge in [0.15, 0.2) is 0 Å². The summed E-state index contributed by atoms with van der Waals surface area (Å²) in [5, 5.41) is 2.14. The first-order valence-electron chi connectivity index (χ1n) is 10.7. The average Bonchev–Trinajstić information content (AvgIpc) is 3.44. The second kappa shape index (κ2) is 8.37. The Morgan fingerprint density at radius 3 is 2.63 bits per heavy atom. The van der Waals surface area contributed by atoms with Crippen LogP contribution in [0.15, 0.2) is 5.38 Å². The zero-order chi connectivity index (χ0) is 21.4. The first kappa shape index (κ1) is 20.8. The van der Waals surface area contributed by atoms with Crippen molar-refractivity contribution in [3.8, 4) is 0 Å². The second-order valence-corrected chi connectivity index (χ2v) is 9.25. The third-order valence-electron chi connectivity index (χ3n) is 6.34. The van der Waals surface area contributed by atoms with Crippen LogP contribution in [0.25, 0.3) is 4.83 Å². The number of likely N-dealkylation sites (tertiary alicyclic amines) is 2. The lowest BCUT2D eigenvalue weighted by Crippen LogP contribution is -2.44. The summed E-state index contributed by atoms with van der Waals surface area (Å²) in [4.78, 5) is 46.3. The van der Waals surface area contributed by atoms with E-state index in [1.54, 1.807) is 16.2 Å². The molecule has 0 radical (unpaired) electrons. The number of carbonyl (C=O) groups is 3. The molecule has 2 aliphatic rings. The normalized spacial score (nSPS) is 22.1. The van der Waals surface area contributed by atoms with E-state index in [0.29, 0.717) is 19.5 Å². The standard InChI is InChI=1S/C21H29N5O3S/c1-13-12-30-21-19(23-14(2)26(13)21)15-5-3-9-24(11-15)17(27)7-8-18(28)25-10-4-6-16(25)20(22)29/h12,15-16H,3-11H2,1-2H3,(H2,22,29)/t15-,16-/m0/s1. The zero-order valence-electron chi connectivity index (χ0n) is 17.6. The van der Waals surface area contributed by atoms with Crippen LogP contribution in [0.4, 0.5) is 0 Å². The van der Waals surface area contributed by atoms with Gasteiger partial charge in [-0.1, -0.05) is 0 Å². The van der Waals surface area contributed by atoms with Crippen molar-refractivity contribution in [1.82, 2.24) is 19.2 Å². The van der Waals surface area contributed by atoms with E-state index in [4.69, 9.17) is 10.7 Å². The molecule has 9 heteroatoms. The van der Waals surface area contributed by atoms with Crippen LogP contribution in [0.3, 0.4) is 0 Å². The van der Waals surface area contributed by atoms with Gasteiger partial charge in [-0.05, 0) is 39.5 Å². The summed E-state index contributed by atoms with van der Waals surface area (Å²) in [6.07, 6.45) is 3.64. The fraction of sp³-hybridized carbons (Fsp3) is 0.619. The number of thiazole rings is 1. The molecule has 2 aromatic heterocycles. The number of nitrogens with two attached hydrogens (primary N) is 1. The minimum absolute atomic E-state index is 0.00240. The lowest BCUT2D eigenvalue weighted by Gasteiger charge is -2.32. The number of rotatable bonds is 5. The predicted molar refractivity (Wildman–Crippen MR) is 114 cm³/mol. The number of hydrogen-bond donors (Lipinski definition) is 1. The van der Waals surface area contributed by atoms with Crippen molar-refractivity contribution in [2.75, 3.05) is 19.6 Å². The minimum Gasteiger partial charge on any atom is -0.368 e. The summed E-state index contributed by atoms with van der Waals surface area (Å²) in [5.74, 6) is 0.591. The molecule has 2 N–H and O–H groups in total. The van der Waals surface area contributed by atoms with E-state index >= 15 is 0 Å². The fourth-order valence-corrected chi connectivity index (χ4v) is 5.93. The van der Waals surface area contributed by atoms with Gasteiger partial charge in [-0.15, -0.1) is 11.3 Å². The van der Waals surface area contributed by atoms with E-state index in [0.717, 1.165) is 37.3 Å². The maximum Gasteiger partial charge on any atom is 0.240 e. The molecule has 0 aromatic carbocycles.